The van der Waals surface area contributed by atoms with Gasteiger partial charge in [-0.05, 0) is 92.8 Å². The first-order chi connectivity index (χ1) is 9.88. The van der Waals surface area contributed by atoms with Gasteiger partial charge in [0.1, 0.15) is 0 Å². The van der Waals surface area contributed by atoms with Crippen LogP contribution in [-0.4, -0.2) is 10.7 Å². The lowest BCUT2D eigenvalue weighted by molar-refractivity contribution is -0.138. The maximum absolute atomic E-state index is 10.9. The molecule has 0 heterocycles. The molecule has 0 unspecified atom stereocenters. The van der Waals surface area contributed by atoms with Crippen LogP contribution in [0, 0.1) is 34.5 Å². The van der Waals surface area contributed by atoms with Gasteiger partial charge in [-0.1, -0.05) is 26.0 Å². The summed E-state index contributed by atoms with van der Waals surface area (Å²) in [6, 6.07) is 0. The topological polar surface area (TPSA) is 20.2 Å². The molecule has 3 fully saturated rings. The van der Waals surface area contributed by atoms with Gasteiger partial charge in [0.2, 0.25) is 0 Å². The van der Waals surface area contributed by atoms with Crippen LogP contribution in [0.1, 0.15) is 72.1 Å². The number of fused-ring (bicyclic) bond motifs is 5. The molecule has 0 spiro atoms. The highest BCUT2D eigenvalue weighted by Gasteiger charge is 2.62. The van der Waals surface area contributed by atoms with Crippen molar-refractivity contribution in [3.63, 3.8) is 0 Å². The largest absolute Gasteiger partial charge is 0.390 e. The highest BCUT2D eigenvalue weighted by atomic mass is 16.3. The zero-order valence-corrected chi connectivity index (χ0v) is 14.1. The molecule has 1 nitrogen and oxygen atoms in total. The first-order valence-corrected chi connectivity index (χ1v) is 9.26. The average molecular weight is 288 g/mol. The van der Waals surface area contributed by atoms with Crippen LogP contribution in [0.25, 0.3) is 0 Å². The first kappa shape index (κ1) is 14.3. The molecule has 0 amide bonds. The number of hydrogen-bond donors (Lipinski definition) is 1. The lowest BCUT2D eigenvalue weighted by Crippen LogP contribution is -2.55. The molecule has 0 radical (unpaired) electrons. The van der Waals surface area contributed by atoms with Gasteiger partial charge in [-0.25, -0.2) is 0 Å². The minimum Gasteiger partial charge on any atom is -0.390 e. The summed E-state index contributed by atoms with van der Waals surface area (Å²) in [5.41, 5.74) is 0.308. The minimum atomic E-state index is -0.424. The van der Waals surface area contributed by atoms with Gasteiger partial charge in [0.05, 0.1) is 5.60 Å². The van der Waals surface area contributed by atoms with E-state index in [1.807, 2.05) is 0 Å². The maximum Gasteiger partial charge on any atom is 0.0675 e. The fraction of sp³-hybridized carbons (Fsp3) is 0.900. The summed E-state index contributed by atoms with van der Waals surface area (Å²) in [7, 11) is 0. The fourth-order valence-corrected chi connectivity index (χ4v) is 7.08. The molecule has 4 aliphatic rings. The van der Waals surface area contributed by atoms with Crippen molar-refractivity contribution >= 4 is 0 Å². The van der Waals surface area contributed by atoms with Crippen molar-refractivity contribution in [3.05, 3.63) is 12.2 Å². The Hall–Kier alpha value is -0.300. The summed E-state index contributed by atoms with van der Waals surface area (Å²) in [5, 5.41) is 10.9. The maximum atomic E-state index is 10.9. The van der Waals surface area contributed by atoms with E-state index in [1.165, 1.54) is 44.9 Å². The smallest absolute Gasteiger partial charge is 0.0675 e. The van der Waals surface area contributed by atoms with Gasteiger partial charge in [-0.2, -0.15) is 0 Å². The Morgan fingerprint density at radius 3 is 2.48 bits per heavy atom. The van der Waals surface area contributed by atoms with E-state index in [1.54, 1.807) is 0 Å². The van der Waals surface area contributed by atoms with Crippen LogP contribution in [0.5, 0.6) is 0 Å². The van der Waals surface area contributed by atoms with Gasteiger partial charge in [0.25, 0.3) is 0 Å². The van der Waals surface area contributed by atoms with Gasteiger partial charge in [0.15, 0.2) is 0 Å². The zero-order chi connectivity index (χ0) is 14.9. The molecule has 3 saturated carbocycles. The van der Waals surface area contributed by atoms with Crippen LogP contribution in [0.2, 0.25) is 0 Å². The van der Waals surface area contributed by atoms with E-state index in [9.17, 15) is 5.11 Å². The van der Waals surface area contributed by atoms with Gasteiger partial charge >= 0.3 is 0 Å². The highest BCUT2D eigenvalue weighted by molar-refractivity contribution is 5.14. The number of rotatable bonds is 0. The molecular weight excluding hydrogens is 256 g/mol. The van der Waals surface area contributed by atoms with Crippen LogP contribution in [0.15, 0.2) is 12.2 Å². The van der Waals surface area contributed by atoms with Gasteiger partial charge in [0, 0.05) is 0 Å². The second-order valence-electron chi connectivity index (χ2n) is 9.34. The van der Waals surface area contributed by atoms with Crippen LogP contribution in [0.3, 0.4) is 0 Å². The Bertz CT molecular complexity index is 464. The molecule has 4 rings (SSSR count). The molecule has 0 aromatic heterocycles. The van der Waals surface area contributed by atoms with E-state index in [0.717, 1.165) is 30.1 Å². The first-order valence-electron chi connectivity index (χ1n) is 9.26. The molecule has 7 atom stereocenters. The second-order valence-corrected chi connectivity index (χ2v) is 9.34. The van der Waals surface area contributed by atoms with Crippen LogP contribution < -0.4 is 0 Å². The molecule has 0 saturated heterocycles. The summed E-state index contributed by atoms with van der Waals surface area (Å²) in [6.07, 6.45) is 15.3. The Labute approximate surface area is 130 Å². The third kappa shape index (κ3) is 1.73. The van der Waals surface area contributed by atoms with Crippen LogP contribution in [-0.2, 0) is 0 Å². The van der Waals surface area contributed by atoms with Crippen LogP contribution in [0.4, 0.5) is 0 Å². The molecule has 0 aromatic rings. The molecule has 1 heteroatoms. The van der Waals surface area contributed by atoms with Crippen molar-refractivity contribution < 1.29 is 5.11 Å². The van der Waals surface area contributed by atoms with Crippen molar-refractivity contribution in [1.82, 2.24) is 0 Å². The number of hydrogen-bond acceptors (Lipinski definition) is 1. The lowest BCUT2D eigenvalue weighted by atomic mass is 9.45. The number of allylic oxidation sites excluding steroid dienone is 2. The molecule has 118 valence electrons. The molecule has 21 heavy (non-hydrogen) atoms. The zero-order valence-electron chi connectivity index (χ0n) is 14.1. The normalized spacial score (nSPS) is 59.2. The van der Waals surface area contributed by atoms with E-state index in [4.69, 9.17) is 0 Å². The Kier molecular flexibility index (Phi) is 2.98. The number of aliphatic hydroxyl groups is 1. The van der Waals surface area contributed by atoms with Crippen LogP contribution >= 0.6 is 0 Å². The molecule has 0 aliphatic heterocycles. The minimum absolute atomic E-state index is 0.182. The quantitative estimate of drug-likeness (QED) is 0.626. The van der Waals surface area contributed by atoms with Crippen molar-refractivity contribution in [1.29, 1.82) is 0 Å². The summed E-state index contributed by atoms with van der Waals surface area (Å²) in [4.78, 5) is 0. The monoisotopic (exact) mass is 288 g/mol. The van der Waals surface area contributed by atoms with E-state index >= 15 is 0 Å². The van der Waals surface area contributed by atoms with E-state index in [0.29, 0.717) is 5.41 Å². The highest BCUT2D eigenvalue weighted by Crippen LogP contribution is 2.67. The standard InChI is InChI=1S/C20H32O/c1-18-11-5-4-6-14(18)7-8-15-16(18)9-12-19(2)17(15)10-13-20(19,3)21/h4-5,14-17,21H,6-13H2,1-3H3/t14-,15+,16-,17-,18-,19-,20+/m0/s1. The van der Waals surface area contributed by atoms with E-state index in [-0.39, 0.29) is 5.41 Å². The Morgan fingerprint density at radius 2 is 1.67 bits per heavy atom. The van der Waals surface area contributed by atoms with Crippen molar-refractivity contribution in [3.8, 4) is 0 Å². The molecule has 0 bridgehead atoms. The summed E-state index contributed by atoms with van der Waals surface area (Å²) >= 11 is 0. The summed E-state index contributed by atoms with van der Waals surface area (Å²) in [5.74, 6) is 3.49. The average Bonchev–Trinajstić information content (AvgIpc) is 2.69. The summed E-state index contributed by atoms with van der Waals surface area (Å²) < 4.78 is 0. The molecule has 4 aliphatic carbocycles. The Morgan fingerprint density at radius 1 is 0.905 bits per heavy atom. The fourth-order valence-electron chi connectivity index (χ4n) is 7.08. The van der Waals surface area contributed by atoms with Gasteiger partial charge in [-0.3, -0.25) is 0 Å². The van der Waals surface area contributed by atoms with Gasteiger partial charge in [-0.15, -0.1) is 0 Å². The van der Waals surface area contributed by atoms with Crippen molar-refractivity contribution in [2.24, 2.45) is 34.5 Å². The van der Waals surface area contributed by atoms with E-state index < -0.39 is 5.60 Å². The van der Waals surface area contributed by atoms with Crippen molar-refractivity contribution in [2.45, 2.75) is 77.7 Å². The second kappa shape index (κ2) is 4.37. The third-order valence-corrected chi connectivity index (χ3v) is 8.77. The molecular formula is C20H32O. The van der Waals surface area contributed by atoms with E-state index in [2.05, 4.69) is 32.9 Å². The SMILES string of the molecule is C[C@]12CC=CC[C@H]1CC[C@@H]1[C@@H]2CC[C@@]2(C)[C@H]1CC[C@@]2(C)O. The van der Waals surface area contributed by atoms with Gasteiger partial charge < -0.3 is 5.11 Å². The predicted molar refractivity (Wildman–Crippen MR) is 86.9 cm³/mol. The summed E-state index contributed by atoms with van der Waals surface area (Å²) in [6.45, 7) is 7.11. The molecule has 0 aromatic carbocycles. The predicted octanol–water partition coefficient (Wildman–Crippen LogP) is 4.95. The molecule has 1 N–H and O–H groups in total. The van der Waals surface area contributed by atoms with Crippen molar-refractivity contribution in [2.75, 3.05) is 0 Å². The lowest BCUT2D eigenvalue weighted by Gasteiger charge is -2.60. The Balaban J connectivity index is 1.68. The third-order valence-electron chi connectivity index (χ3n) is 8.77.